The molecule has 0 spiro atoms. The van der Waals surface area contributed by atoms with Gasteiger partial charge in [0.2, 0.25) is 5.43 Å². The minimum atomic E-state index is -0.431. The Bertz CT molecular complexity index is 904. The number of fused-ring (bicyclic) bond motifs is 1. The van der Waals surface area contributed by atoms with E-state index in [1.165, 1.54) is 13.3 Å². The summed E-state index contributed by atoms with van der Waals surface area (Å²) in [5, 5.41) is 3.13. The quantitative estimate of drug-likeness (QED) is 0.770. The molecule has 1 amide bonds. The van der Waals surface area contributed by atoms with Crippen molar-refractivity contribution in [3.05, 3.63) is 70.3 Å². The van der Waals surface area contributed by atoms with Crippen molar-refractivity contribution >= 4 is 16.8 Å². The molecule has 0 aliphatic rings. The lowest BCUT2D eigenvalue weighted by Crippen LogP contribution is -2.28. The van der Waals surface area contributed by atoms with Crippen molar-refractivity contribution in [1.82, 2.24) is 15.3 Å². The summed E-state index contributed by atoms with van der Waals surface area (Å²) in [5.41, 5.74) is 1.17. The highest BCUT2D eigenvalue weighted by Crippen LogP contribution is 2.20. The fourth-order valence-corrected chi connectivity index (χ4v) is 2.34. The summed E-state index contributed by atoms with van der Waals surface area (Å²) in [6.07, 6.45) is 4.73. The third-order valence-electron chi connectivity index (χ3n) is 3.52. The fraction of sp³-hybridized carbons (Fsp3) is 0.118. The molecule has 0 radical (unpaired) electrons. The van der Waals surface area contributed by atoms with Gasteiger partial charge in [0.15, 0.2) is 0 Å². The number of hydrogen-bond donors (Lipinski definition) is 2. The minimum Gasteiger partial charge on any atom is -0.495 e. The maximum Gasteiger partial charge on any atom is 0.257 e. The van der Waals surface area contributed by atoms with Gasteiger partial charge in [-0.25, -0.2) is 0 Å². The number of nitrogens with zero attached hydrogens (tertiary/aromatic N) is 1. The van der Waals surface area contributed by atoms with E-state index in [0.29, 0.717) is 23.2 Å². The van der Waals surface area contributed by atoms with E-state index in [1.807, 2.05) is 6.07 Å². The van der Waals surface area contributed by atoms with E-state index in [9.17, 15) is 9.59 Å². The van der Waals surface area contributed by atoms with Crippen molar-refractivity contribution in [2.45, 2.75) is 6.54 Å². The van der Waals surface area contributed by atoms with Crippen LogP contribution in [0.2, 0.25) is 0 Å². The molecule has 116 valence electrons. The van der Waals surface area contributed by atoms with Crippen LogP contribution < -0.4 is 15.5 Å². The molecule has 0 aliphatic heterocycles. The maximum atomic E-state index is 12.5. The average molecular weight is 309 g/mol. The molecule has 2 aromatic heterocycles. The molecule has 3 rings (SSSR count). The second-order valence-electron chi connectivity index (χ2n) is 4.96. The van der Waals surface area contributed by atoms with Crippen LogP contribution in [-0.2, 0) is 6.54 Å². The van der Waals surface area contributed by atoms with E-state index < -0.39 is 5.91 Å². The zero-order valence-electron chi connectivity index (χ0n) is 12.5. The molecule has 0 atom stereocenters. The lowest BCUT2D eigenvalue weighted by Gasteiger charge is -2.08. The zero-order chi connectivity index (χ0) is 16.2. The molecule has 2 N–H and O–H groups in total. The van der Waals surface area contributed by atoms with Crippen molar-refractivity contribution in [3.63, 3.8) is 0 Å². The number of aromatic nitrogens is 2. The van der Waals surface area contributed by atoms with Crippen molar-refractivity contribution in [3.8, 4) is 5.75 Å². The number of hydrogen-bond acceptors (Lipinski definition) is 4. The van der Waals surface area contributed by atoms with E-state index >= 15 is 0 Å². The van der Waals surface area contributed by atoms with Crippen LogP contribution in [-0.4, -0.2) is 23.0 Å². The highest BCUT2D eigenvalue weighted by molar-refractivity contribution is 5.97. The molecule has 3 aromatic rings. The van der Waals surface area contributed by atoms with Gasteiger partial charge in [0, 0.05) is 25.1 Å². The summed E-state index contributed by atoms with van der Waals surface area (Å²) in [4.78, 5) is 31.7. The second kappa shape index (κ2) is 6.31. The van der Waals surface area contributed by atoms with Gasteiger partial charge in [0.25, 0.3) is 5.91 Å². The fourth-order valence-electron chi connectivity index (χ4n) is 2.34. The number of amides is 1. The van der Waals surface area contributed by atoms with Crippen LogP contribution in [0.5, 0.6) is 5.75 Å². The van der Waals surface area contributed by atoms with Gasteiger partial charge in [-0.1, -0.05) is 12.1 Å². The number of para-hydroxylation sites is 1. The SMILES string of the molecule is COc1cccc2c(=O)c(C(=O)NCc3cccnc3)c[nH]c12. The Labute approximate surface area is 132 Å². The van der Waals surface area contributed by atoms with E-state index in [4.69, 9.17) is 4.74 Å². The van der Waals surface area contributed by atoms with Crippen LogP contribution in [0, 0.1) is 0 Å². The number of nitrogens with one attached hydrogen (secondary N) is 2. The van der Waals surface area contributed by atoms with E-state index in [-0.39, 0.29) is 11.0 Å². The summed E-state index contributed by atoms with van der Waals surface area (Å²) < 4.78 is 5.21. The Kier molecular flexibility index (Phi) is 4.05. The molecule has 0 aliphatic carbocycles. The molecule has 6 nitrogen and oxygen atoms in total. The first-order valence-electron chi connectivity index (χ1n) is 7.06. The summed E-state index contributed by atoms with van der Waals surface area (Å²) in [6.45, 7) is 0.308. The predicted octanol–water partition coefficient (Wildman–Crippen LogP) is 1.86. The summed E-state index contributed by atoms with van der Waals surface area (Å²) >= 11 is 0. The van der Waals surface area contributed by atoms with Crippen LogP contribution in [0.3, 0.4) is 0 Å². The van der Waals surface area contributed by atoms with Crippen molar-refractivity contribution in [2.75, 3.05) is 7.11 Å². The van der Waals surface area contributed by atoms with E-state index in [2.05, 4.69) is 15.3 Å². The number of pyridine rings is 2. The predicted molar refractivity (Wildman–Crippen MR) is 86.5 cm³/mol. The first-order valence-corrected chi connectivity index (χ1v) is 7.06. The number of ether oxygens (including phenoxy) is 1. The largest absolute Gasteiger partial charge is 0.495 e. The Morgan fingerprint density at radius 1 is 1.30 bits per heavy atom. The Morgan fingerprint density at radius 2 is 2.17 bits per heavy atom. The molecular weight excluding hydrogens is 294 g/mol. The van der Waals surface area contributed by atoms with Crippen LogP contribution in [0.4, 0.5) is 0 Å². The first kappa shape index (κ1) is 14.8. The average Bonchev–Trinajstić information content (AvgIpc) is 2.60. The lowest BCUT2D eigenvalue weighted by molar-refractivity contribution is 0.0949. The molecule has 2 heterocycles. The van der Waals surface area contributed by atoms with Gasteiger partial charge >= 0.3 is 0 Å². The second-order valence-corrected chi connectivity index (χ2v) is 4.96. The van der Waals surface area contributed by atoms with Gasteiger partial charge in [-0.2, -0.15) is 0 Å². The Hall–Kier alpha value is -3.15. The normalized spacial score (nSPS) is 10.5. The van der Waals surface area contributed by atoms with Crippen LogP contribution in [0.1, 0.15) is 15.9 Å². The monoisotopic (exact) mass is 309 g/mol. The van der Waals surface area contributed by atoms with Gasteiger partial charge in [0.1, 0.15) is 11.3 Å². The summed E-state index contributed by atoms with van der Waals surface area (Å²) in [7, 11) is 1.53. The topological polar surface area (TPSA) is 84.1 Å². The first-order chi connectivity index (χ1) is 11.2. The molecule has 6 heteroatoms. The van der Waals surface area contributed by atoms with E-state index in [1.54, 1.807) is 36.7 Å². The van der Waals surface area contributed by atoms with Crippen LogP contribution in [0.15, 0.2) is 53.7 Å². The lowest BCUT2D eigenvalue weighted by atomic mass is 10.1. The highest BCUT2D eigenvalue weighted by atomic mass is 16.5. The number of carbonyl (C=O) groups is 1. The number of rotatable bonds is 4. The number of aromatic amines is 1. The van der Waals surface area contributed by atoms with Gasteiger partial charge in [-0.05, 0) is 23.8 Å². The maximum absolute atomic E-state index is 12.5. The molecule has 0 unspecified atom stereocenters. The number of benzene rings is 1. The Morgan fingerprint density at radius 3 is 2.91 bits per heavy atom. The van der Waals surface area contributed by atoms with Gasteiger partial charge in [-0.15, -0.1) is 0 Å². The number of H-pyrrole nitrogens is 1. The standard InChI is InChI=1S/C17H15N3O3/c1-23-14-6-2-5-12-15(14)19-10-13(16(12)21)17(22)20-9-11-4-3-7-18-8-11/h2-8,10H,9H2,1H3,(H,19,21)(H,20,22). The summed E-state index contributed by atoms with van der Waals surface area (Å²) in [6, 6.07) is 8.77. The van der Waals surface area contributed by atoms with Gasteiger partial charge in [0.05, 0.1) is 18.0 Å². The molecule has 0 saturated heterocycles. The van der Waals surface area contributed by atoms with Crippen molar-refractivity contribution < 1.29 is 9.53 Å². The molecular formula is C17H15N3O3. The minimum absolute atomic E-state index is 0.0645. The smallest absolute Gasteiger partial charge is 0.257 e. The van der Waals surface area contributed by atoms with Gasteiger partial charge in [-0.3, -0.25) is 14.6 Å². The Balaban J connectivity index is 1.89. The highest BCUT2D eigenvalue weighted by Gasteiger charge is 2.14. The third kappa shape index (κ3) is 2.91. The number of methoxy groups -OCH3 is 1. The van der Waals surface area contributed by atoms with Crippen LogP contribution in [0.25, 0.3) is 10.9 Å². The van der Waals surface area contributed by atoms with Gasteiger partial charge < -0.3 is 15.0 Å². The molecule has 23 heavy (non-hydrogen) atoms. The molecule has 0 saturated carbocycles. The molecule has 1 aromatic carbocycles. The number of carbonyl (C=O) groups excluding carboxylic acids is 1. The van der Waals surface area contributed by atoms with Crippen molar-refractivity contribution in [2.24, 2.45) is 0 Å². The molecule has 0 fully saturated rings. The summed E-state index contributed by atoms with van der Waals surface area (Å²) in [5.74, 6) is 0.127. The van der Waals surface area contributed by atoms with Crippen LogP contribution >= 0.6 is 0 Å². The molecule has 0 bridgehead atoms. The third-order valence-corrected chi connectivity index (χ3v) is 3.52. The zero-order valence-corrected chi connectivity index (χ0v) is 12.5. The van der Waals surface area contributed by atoms with Crippen molar-refractivity contribution in [1.29, 1.82) is 0 Å². The van der Waals surface area contributed by atoms with E-state index in [0.717, 1.165) is 5.56 Å².